The van der Waals surface area contributed by atoms with Crippen LogP contribution < -0.4 is 9.79 Å². The maximum absolute atomic E-state index is 12.7. The number of carbonyl (C=O) groups is 2. The number of hydrogen-bond acceptors (Lipinski definition) is 12. The van der Waals surface area contributed by atoms with Gasteiger partial charge in [0, 0.05) is 22.8 Å². The molecule has 0 atom stereocenters. The summed E-state index contributed by atoms with van der Waals surface area (Å²) in [5, 5.41) is 5.86. The molecule has 0 N–H and O–H groups in total. The van der Waals surface area contributed by atoms with Gasteiger partial charge in [-0.05, 0) is 31.3 Å². The van der Waals surface area contributed by atoms with E-state index in [0.717, 1.165) is 34.2 Å². The molecule has 4 heterocycles. The molecule has 2 aliphatic rings. The predicted octanol–water partition coefficient (Wildman–Crippen LogP) is 3.29. The van der Waals surface area contributed by atoms with Gasteiger partial charge < -0.3 is 29.8 Å². The quantitative estimate of drug-likeness (QED) is 0.380. The van der Waals surface area contributed by atoms with Crippen LogP contribution in [0.3, 0.4) is 0 Å². The third kappa shape index (κ3) is 6.28. The van der Waals surface area contributed by atoms with Crippen LogP contribution in [0.4, 0.5) is 5.13 Å². The fraction of sp³-hybridized carbons (Fsp3) is 0.444. The minimum atomic E-state index is -0.556. The van der Waals surface area contributed by atoms with E-state index >= 15 is 0 Å². The molecule has 33 heavy (non-hydrogen) atoms. The molecular weight excluding hydrogens is 556 g/mol. The van der Waals surface area contributed by atoms with Gasteiger partial charge in [-0.15, -0.1) is 46.2 Å². The molecule has 0 spiro atoms. The average molecular weight is 574 g/mol. The number of aromatic nitrogens is 2. The van der Waals surface area contributed by atoms with Crippen molar-refractivity contribution in [1.29, 1.82) is 0 Å². The molecule has 15 heteroatoms. The number of hydrogen-bond donors (Lipinski definition) is 0. The zero-order valence-electron chi connectivity index (χ0n) is 17.5. The first-order valence-electron chi connectivity index (χ1n) is 9.73. The van der Waals surface area contributed by atoms with Gasteiger partial charge in [0.2, 0.25) is 0 Å². The molecule has 2 aromatic heterocycles. The van der Waals surface area contributed by atoms with Gasteiger partial charge in [-0.1, -0.05) is 0 Å². The van der Waals surface area contributed by atoms with E-state index in [1.807, 2.05) is 0 Å². The summed E-state index contributed by atoms with van der Waals surface area (Å²) in [6.07, 6.45) is 0. The van der Waals surface area contributed by atoms with Crippen LogP contribution in [0, 0.1) is 0 Å². The van der Waals surface area contributed by atoms with E-state index in [2.05, 4.69) is 30.3 Å². The molecule has 0 aromatic carbocycles. The maximum Gasteiger partial charge on any atom is 2.00 e. The van der Waals surface area contributed by atoms with Crippen LogP contribution in [0.2, 0.25) is 0 Å². The van der Waals surface area contributed by atoms with E-state index in [4.69, 9.17) is 9.47 Å². The summed E-state index contributed by atoms with van der Waals surface area (Å²) in [6, 6.07) is 0. The van der Waals surface area contributed by atoms with Crippen molar-refractivity contribution in [1.82, 2.24) is 9.97 Å². The largest absolute Gasteiger partial charge is 2.00 e. The minimum Gasteiger partial charge on any atom is -0.462 e. The zero-order valence-corrected chi connectivity index (χ0v) is 21.7. The molecule has 179 valence electrons. The van der Waals surface area contributed by atoms with Crippen molar-refractivity contribution in [2.45, 2.75) is 13.8 Å². The Morgan fingerprint density at radius 2 is 1.79 bits per heavy atom. The van der Waals surface area contributed by atoms with Crippen LogP contribution in [0.25, 0.3) is 16.7 Å². The number of aliphatic imine (C=N–C) groups is 2. The van der Waals surface area contributed by atoms with Crippen molar-refractivity contribution >= 4 is 73.6 Å². The number of carbonyl (C=O) groups excluding carboxylic acids is 2. The van der Waals surface area contributed by atoms with Crippen LogP contribution >= 0.6 is 46.2 Å². The molecule has 4 rings (SSSR count). The Bertz CT molecular complexity index is 1150. The Hall–Kier alpha value is -1.64. The van der Waals surface area contributed by atoms with E-state index in [1.165, 1.54) is 23.5 Å². The number of ether oxygens (including phenoxy) is 2. The first kappa shape index (κ1) is 26.0. The predicted molar refractivity (Wildman–Crippen MR) is 129 cm³/mol. The van der Waals surface area contributed by atoms with Crippen LogP contribution in [-0.2, 0) is 26.5 Å². The summed E-state index contributed by atoms with van der Waals surface area (Å²) in [6.45, 7) is 5.22. The second-order valence-corrected chi connectivity index (χ2v) is 10.1. The van der Waals surface area contributed by atoms with E-state index in [0.29, 0.717) is 33.4 Å². The van der Waals surface area contributed by atoms with E-state index in [1.54, 1.807) is 13.8 Å². The van der Waals surface area contributed by atoms with Crippen LogP contribution in [0.1, 0.15) is 33.2 Å². The van der Waals surface area contributed by atoms with Crippen molar-refractivity contribution in [3.05, 3.63) is 19.9 Å². The van der Waals surface area contributed by atoms with Gasteiger partial charge in [0.25, 0.3) is 0 Å². The first-order valence-corrected chi connectivity index (χ1v) is 13.3. The van der Waals surface area contributed by atoms with Crippen molar-refractivity contribution in [3.8, 4) is 11.4 Å². The second kappa shape index (κ2) is 12.2. The molecule has 0 saturated carbocycles. The van der Waals surface area contributed by atoms with Gasteiger partial charge in [-0.3, -0.25) is 4.99 Å². The molecule has 0 amide bonds. The Labute approximate surface area is 216 Å². The molecule has 2 aliphatic heterocycles. The van der Waals surface area contributed by atoms with Gasteiger partial charge in [0.15, 0.2) is 0 Å². The fourth-order valence-electron chi connectivity index (χ4n) is 2.65. The van der Waals surface area contributed by atoms with Gasteiger partial charge in [0.1, 0.15) is 14.9 Å². The van der Waals surface area contributed by atoms with Crippen molar-refractivity contribution in [3.63, 3.8) is 0 Å². The number of rotatable bonds is 6. The fourth-order valence-corrected chi connectivity index (χ4v) is 5.83. The summed E-state index contributed by atoms with van der Waals surface area (Å²) in [4.78, 5) is 48.3. The van der Waals surface area contributed by atoms with Crippen molar-refractivity contribution in [2.24, 2.45) is 15.0 Å². The third-order valence-electron chi connectivity index (χ3n) is 3.90. The normalized spacial score (nSPS) is 17.0. The summed E-state index contributed by atoms with van der Waals surface area (Å²) in [5.74, 6) is 0.598. The molecule has 0 unspecified atom stereocenters. The number of thiazole rings is 2. The Morgan fingerprint density at radius 3 is 2.42 bits per heavy atom. The summed E-state index contributed by atoms with van der Waals surface area (Å²) < 4.78 is 10.4. The molecule has 10 nitrogen and oxygen atoms in total. The topological polar surface area (TPSA) is 131 Å². The van der Waals surface area contributed by atoms with Gasteiger partial charge in [-0.25, -0.2) is 14.6 Å². The van der Waals surface area contributed by atoms with E-state index in [-0.39, 0.29) is 51.4 Å². The molecule has 1 radical (unpaired) electrons. The maximum atomic E-state index is 12.7. The molecule has 1 saturated heterocycles. The summed E-state index contributed by atoms with van der Waals surface area (Å²) >= 11 is 5.18. The number of thioether (sulfide) groups is 2. The first-order chi connectivity index (χ1) is 15.6. The number of esters is 2. The van der Waals surface area contributed by atoms with Crippen LogP contribution in [0.5, 0.6) is 0 Å². The second-order valence-electron chi connectivity index (χ2n) is 6.04. The number of amidine groups is 2. The molecule has 1 fully saturated rings. The zero-order chi connectivity index (χ0) is 22.5. The monoisotopic (exact) mass is 573 g/mol. The smallest absolute Gasteiger partial charge is 0.462 e. The molecule has 2 aromatic rings. The van der Waals surface area contributed by atoms with Gasteiger partial charge in [-0.2, -0.15) is 0 Å². The SMILES string of the molecule is CCOC(=O)c1sc(/N=C2\[N-]CCS2)nc1-c1[n-]/c(=N\C2=NCCS2)sc1C(=O)OCC.[Cu+2]. The summed E-state index contributed by atoms with van der Waals surface area (Å²) in [7, 11) is 0. The Kier molecular flexibility index (Phi) is 9.58. The Balaban J connectivity index is 0.00000306. The molecular formula is C18H18CuN6O4S4. The van der Waals surface area contributed by atoms with Gasteiger partial charge >= 0.3 is 29.0 Å². The van der Waals surface area contributed by atoms with Gasteiger partial charge in [0.05, 0.1) is 24.1 Å². The third-order valence-corrected chi connectivity index (χ3v) is 7.49. The van der Waals surface area contributed by atoms with E-state index in [9.17, 15) is 9.59 Å². The van der Waals surface area contributed by atoms with Crippen LogP contribution in [-0.4, -0.2) is 65.1 Å². The molecule has 0 aliphatic carbocycles. The van der Waals surface area contributed by atoms with E-state index < -0.39 is 11.9 Å². The van der Waals surface area contributed by atoms with Crippen molar-refractivity contribution in [2.75, 3.05) is 37.8 Å². The molecule has 0 bridgehead atoms. The number of nitrogens with zero attached hydrogens (tertiary/aromatic N) is 6. The minimum absolute atomic E-state index is 0. The Morgan fingerprint density at radius 1 is 1.03 bits per heavy atom. The summed E-state index contributed by atoms with van der Waals surface area (Å²) in [5.41, 5.74) is 0.440. The average Bonchev–Trinajstić information content (AvgIpc) is 3.56. The standard InChI is InChI=1S/C18H20N6O4S4.Cu/c1-3-27-13(25)11-9(21-17(31-11)23-15-19-5-7-29-15)10-12(14(26)28-4-2)32-18(22-10)24-16-20-6-8-30-16;/h3-8H2,1-2H3,(H2,19,20,21,22,23,24,25,26);/q;+2/p-2. The van der Waals surface area contributed by atoms with Crippen LogP contribution in [0.15, 0.2) is 15.0 Å². The van der Waals surface area contributed by atoms with Crippen molar-refractivity contribution < 1.29 is 36.1 Å².